The molecule has 0 fully saturated rings. The zero-order chi connectivity index (χ0) is 47.5. The maximum atomic E-state index is 4.88. The zero-order valence-electron chi connectivity index (χ0n) is 39.3. The molecule has 73 heavy (non-hydrogen) atoms. The minimum absolute atomic E-state index is 0. The molecule has 0 aliphatic heterocycles. The molecule has 0 amide bonds. The third-order valence-electron chi connectivity index (χ3n) is 14.3. The number of hydrogen-bond donors (Lipinski definition) is 0. The molecule has 3 nitrogen and oxygen atoms in total. The van der Waals surface area contributed by atoms with Crippen LogP contribution in [0.4, 0.5) is 0 Å². The van der Waals surface area contributed by atoms with Crippen LogP contribution in [0, 0.1) is 18.2 Å². The number of benzene rings is 11. The van der Waals surface area contributed by atoms with E-state index in [1.165, 1.54) is 21.5 Å². The molecule has 0 N–H and O–H groups in total. The summed E-state index contributed by atoms with van der Waals surface area (Å²) in [7, 11) is 0. The van der Waals surface area contributed by atoms with Crippen LogP contribution in [0.2, 0.25) is 0 Å². The molecule has 3 heterocycles. The molecule has 14 rings (SSSR count). The number of pyridine rings is 3. The van der Waals surface area contributed by atoms with Crippen LogP contribution in [-0.2, 0) is 20.1 Å². The van der Waals surface area contributed by atoms with Gasteiger partial charge in [-0.25, -0.2) is 0 Å². The van der Waals surface area contributed by atoms with E-state index in [-0.39, 0.29) is 20.1 Å². The first-order valence-electron chi connectivity index (χ1n) is 24.3. The maximum absolute atomic E-state index is 4.88. The van der Waals surface area contributed by atoms with E-state index in [1.807, 2.05) is 48.9 Å². The van der Waals surface area contributed by atoms with E-state index in [0.29, 0.717) is 0 Å². The van der Waals surface area contributed by atoms with Crippen molar-refractivity contribution in [2.24, 2.45) is 0 Å². The Balaban J connectivity index is 0.00000516. The largest absolute Gasteiger partial charge is 3.00 e. The summed E-state index contributed by atoms with van der Waals surface area (Å²) in [5, 5.41) is 11.3. The van der Waals surface area contributed by atoms with Gasteiger partial charge in [-0.15, -0.1) is 77.0 Å². The summed E-state index contributed by atoms with van der Waals surface area (Å²) in [4.78, 5) is 14.3. The third-order valence-corrected chi connectivity index (χ3v) is 14.3. The van der Waals surface area contributed by atoms with Gasteiger partial charge in [-0.05, 0) is 108 Å². The van der Waals surface area contributed by atoms with Gasteiger partial charge in [0.1, 0.15) is 0 Å². The average Bonchev–Trinajstić information content (AvgIpc) is 3.47. The molecular formula is C69H40IrN3. The summed E-state index contributed by atoms with van der Waals surface area (Å²) in [5.41, 5.74) is 17.2. The molecular weight excluding hydrogens is 1060 g/mol. The van der Waals surface area contributed by atoms with E-state index in [2.05, 4.69) is 217 Å². The monoisotopic (exact) mass is 1100 g/mol. The van der Waals surface area contributed by atoms with Gasteiger partial charge in [-0.1, -0.05) is 201 Å². The first-order valence-corrected chi connectivity index (χ1v) is 24.3. The summed E-state index contributed by atoms with van der Waals surface area (Å²) in [6.45, 7) is 0. The summed E-state index contributed by atoms with van der Waals surface area (Å²) in [5.74, 6) is 0. The molecule has 0 unspecified atom stereocenters. The fourth-order valence-corrected chi connectivity index (χ4v) is 11.0. The Morgan fingerprint density at radius 3 is 1.05 bits per heavy atom. The molecule has 14 aromatic rings. The molecule has 0 bridgehead atoms. The second kappa shape index (κ2) is 18.4. The predicted molar refractivity (Wildman–Crippen MR) is 299 cm³/mol. The van der Waals surface area contributed by atoms with Crippen molar-refractivity contribution in [3.05, 3.63) is 261 Å². The Hall–Kier alpha value is -8.92. The molecule has 3 aromatic heterocycles. The van der Waals surface area contributed by atoms with Crippen molar-refractivity contribution in [3.63, 3.8) is 0 Å². The summed E-state index contributed by atoms with van der Waals surface area (Å²) in [6, 6.07) is 91.4. The SMILES string of the molecule is [Ir+3].[c-]1cc(-c2ccccc2-c2cc(-c3ccccc3-c3c[c-]c4c(c3)c3ccccc3c3cccnc43)cc(-c3ccccc3-c3c[c-]c4c(c3)c3ccccc3c3cccnc43)c2)ccc1-c1ccccn1. The number of nitrogens with zero attached hydrogens (tertiary/aromatic N) is 3. The molecule has 4 heteroatoms. The smallest absolute Gasteiger partial charge is 0.305 e. The van der Waals surface area contributed by atoms with Crippen molar-refractivity contribution in [2.45, 2.75) is 0 Å². The quantitative estimate of drug-likeness (QED) is 0.118. The topological polar surface area (TPSA) is 38.7 Å². The molecule has 0 aliphatic carbocycles. The van der Waals surface area contributed by atoms with Gasteiger partial charge in [0.2, 0.25) is 0 Å². The van der Waals surface area contributed by atoms with Crippen molar-refractivity contribution >= 4 is 64.9 Å². The Morgan fingerprint density at radius 2 is 0.630 bits per heavy atom. The molecule has 0 aliphatic rings. The Bertz CT molecular complexity index is 4160. The first-order chi connectivity index (χ1) is 35.7. The average molecular weight is 1100 g/mol. The molecule has 340 valence electrons. The number of hydrogen-bond acceptors (Lipinski definition) is 3. The maximum Gasteiger partial charge on any atom is 3.00 e. The van der Waals surface area contributed by atoms with E-state index in [0.717, 1.165) is 121 Å². The summed E-state index contributed by atoms with van der Waals surface area (Å²) in [6.07, 6.45) is 5.58. The Kier molecular flexibility index (Phi) is 11.1. The van der Waals surface area contributed by atoms with Crippen LogP contribution in [0.5, 0.6) is 0 Å². The molecule has 0 atom stereocenters. The zero-order valence-corrected chi connectivity index (χ0v) is 41.7. The standard InChI is InChI=1S/C69H40N3.Ir/c1-4-18-54(51(15-1)44-28-30-45(31-29-44)67-27-11-12-36-70-67)48-39-49(55-19-5-2-16-52(55)46-32-34-63-65(42-46)59-23-9-7-21-57(59)61-25-13-37-71-68(61)63)41-50(40-48)56-20-6-3-17-53(56)47-33-35-64-66(43-47)60-24-10-8-22-58(60)62-26-14-38-72-69(62)64;/h1-30,32-33,36-43H;/q-3;+3. The van der Waals surface area contributed by atoms with Crippen LogP contribution in [0.25, 0.3) is 143 Å². The number of aromatic nitrogens is 3. The van der Waals surface area contributed by atoms with Gasteiger partial charge in [-0.2, -0.15) is 0 Å². The minimum atomic E-state index is 0. The van der Waals surface area contributed by atoms with E-state index >= 15 is 0 Å². The van der Waals surface area contributed by atoms with Gasteiger partial charge in [0.05, 0.1) is 0 Å². The van der Waals surface area contributed by atoms with Crippen LogP contribution in [0.15, 0.2) is 243 Å². The van der Waals surface area contributed by atoms with E-state index in [9.17, 15) is 0 Å². The van der Waals surface area contributed by atoms with Gasteiger partial charge in [0, 0.05) is 18.6 Å². The molecule has 0 saturated carbocycles. The van der Waals surface area contributed by atoms with Crippen molar-refractivity contribution in [1.29, 1.82) is 0 Å². The second-order valence-corrected chi connectivity index (χ2v) is 18.4. The molecule has 11 aromatic carbocycles. The van der Waals surface area contributed by atoms with Gasteiger partial charge in [0.25, 0.3) is 0 Å². The van der Waals surface area contributed by atoms with E-state index in [1.54, 1.807) is 0 Å². The van der Waals surface area contributed by atoms with Gasteiger partial charge >= 0.3 is 20.1 Å². The fourth-order valence-electron chi connectivity index (χ4n) is 11.0. The molecule has 0 spiro atoms. The number of rotatable bonds is 7. The van der Waals surface area contributed by atoms with Crippen molar-refractivity contribution in [3.8, 4) is 78.0 Å². The van der Waals surface area contributed by atoms with Crippen LogP contribution >= 0.6 is 0 Å². The van der Waals surface area contributed by atoms with Crippen molar-refractivity contribution in [2.75, 3.05) is 0 Å². The number of fused-ring (bicyclic) bond motifs is 12. The molecule has 0 saturated heterocycles. The van der Waals surface area contributed by atoms with E-state index < -0.39 is 0 Å². The van der Waals surface area contributed by atoms with E-state index in [4.69, 9.17) is 9.97 Å². The van der Waals surface area contributed by atoms with Gasteiger partial charge in [0.15, 0.2) is 0 Å². The van der Waals surface area contributed by atoms with Crippen LogP contribution in [-0.4, -0.2) is 15.0 Å². The van der Waals surface area contributed by atoms with Crippen molar-refractivity contribution < 1.29 is 20.1 Å². The predicted octanol–water partition coefficient (Wildman–Crippen LogP) is 17.9. The Labute approximate surface area is 436 Å². The summed E-state index contributed by atoms with van der Waals surface area (Å²) < 4.78 is 0. The third kappa shape index (κ3) is 7.59. The van der Waals surface area contributed by atoms with Crippen LogP contribution in [0.1, 0.15) is 0 Å². The van der Waals surface area contributed by atoms with Crippen LogP contribution < -0.4 is 0 Å². The second-order valence-electron chi connectivity index (χ2n) is 18.4. The molecule has 0 radical (unpaired) electrons. The van der Waals surface area contributed by atoms with Crippen molar-refractivity contribution in [1.82, 2.24) is 15.0 Å². The fraction of sp³-hybridized carbons (Fsp3) is 0. The normalized spacial score (nSPS) is 11.5. The first kappa shape index (κ1) is 44.1. The van der Waals surface area contributed by atoms with Crippen LogP contribution in [0.3, 0.4) is 0 Å². The van der Waals surface area contributed by atoms with Gasteiger partial charge in [-0.3, -0.25) is 0 Å². The minimum Gasteiger partial charge on any atom is -0.305 e. The summed E-state index contributed by atoms with van der Waals surface area (Å²) >= 11 is 0. The van der Waals surface area contributed by atoms with Gasteiger partial charge < -0.3 is 15.0 Å². The Morgan fingerprint density at radius 1 is 0.260 bits per heavy atom.